The summed E-state index contributed by atoms with van der Waals surface area (Å²) in [6.07, 6.45) is 1.82. The van der Waals surface area contributed by atoms with Gasteiger partial charge in [0.05, 0.1) is 12.9 Å². The molecule has 0 unspecified atom stereocenters. The van der Waals surface area contributed by atoms with Crippen molar-refractivity contribution >= 4 is 15.8 Å². The Hall–Kier alpha value is -1.12. The van der Waals surface area contributed by atoms with E-state index in [1.807, 2.05) is 0 Å². The number of aliphatic hydroxyl groups is 1. The molecular formula is C8H16N4O3S. The summed E-state index contributed by atoms with van der Waals surface area (Å²) in [5, 5.41) is 8.86. The minimum absolute atomic E-state index is 0.0530. The molecule has 7 nitrogen and oxygen atoms in total. The third kappa shape index (κ3) is 2.52. The minimum atomic E-state index is -3.74. The second-order valence-electron chi connectivity index (χ2n) is 3.45. The maximum absolute atomic E-state index is 11.9. The molecule has 1 atom stereocenters. The topological polar surface area (TPSA) is 110 Å². The predicted molar refractivity (Wildman–Crippen MR) is 59.1 cm³/mol. The number of hydrogen-bond donors (Lipinski definition) is 3. The number of aryl methyl sites for hydroxylation is 1. The Kier molecular flexibility index (Phi) is 3.89. The number of nitrogen functional groups attached to an aromatic ring is 1. The summed E-state index contributed by atoms with van der Waals surface area (Å²) in [5.74, 6) is -0.0530. The summed E-state index contributed by atoms with van der Waals surface area (Å²) in [4.78, 5) is 3.70. The van der Waals surface area contributed by atoms with Gasteiger partial charge in [-0.05, 0) is 6.42 Å². The van der Waals surface area contributed by atoms with Crippen LogP contribution in [0.1, 0.15) is 13.3 Å². The van der Waals surface area contributed by atoms with Crippen LogP contribution < -0.4 is 10.5 Å². The zero-order valence-electron chi connectivity index (χ0n) is 9.21. The molecule has 0 radical (unpaired) electrons. The Morgan fingerprint density at radius 2 is 2.31 bits per heavy atom. The summed E-state index contributed by atoms with van der Waals surface area (Å²) in [6, 6.07) is -0.515. The van der Waals surface area contributed by atoms with Crippen molar-refractivity contribution in [3.63, 3.8) is 0 Å². The van der Waals surface area contributed by atoms with Gasteiger partial charge in [0.2, 0.25) is 0 Å². The fourth-order valence-electron chi connectivity index (χ4n) is 1.29. The molecule has 0 aliphatic heterocycles. The highest BCUT2D eigenvalue weighted by atomic mass is 32.2. The Morgan fingerprint density at radius 3 is 2.69 bits per heavy atom. The average Bonchev–Trinajstić information content (AvgIpc) is 2.55. The first-order valence-corrected chi connectivity index (χ1v) is 6.30. The van der Waals surface area contributed by atoms with Gasteiger partial charge in [0.25, 0.3) is 10.0 Å². The van der Waals surface area contributed by atoms with E-state index in [1.165, 1.54) is 17.9 Å². The lowest BCUT2D eigenvalue weighted by Gasteiger charge is -2.14. The van der Waals surface area contributed by atoms with Gasteiger partial charge in [0.15, 0.2) is 10.8 Å². The summed E-state index contributed by atoms with van der Waals surface area (Å²) < 4.78 is 27.5. The first-order valence-electron chi connectivity index (χ1n) is 4.82. The van der Waals surface area contributed by atoms with E-state index in [4.69, 9.17) is 10.8 Å². The van der Waals surface area contributed by atoms with Gasteiger partial charge in [-0.3, -0.25) is 0 Å². The molecule has 0 aromatic carbocycles. The van der Waals surface area contributed by atoms with E-state index < -0.39 is 16.1 Å². The number of nitrogens with one attached hydrogen (secondary N) is 1. The molecule has 4 N–H and O–H groups in total. The Balaban J connectivity index is 3.03. The van der Waals surface area contributed by atoms with Crippen molar-refractivity contribution in [2.75, 3.05) is 12.3 Å². The van der Waals surface area contributed by atoms with E-state index in [0.717, 1.165) is 0 Å². The summed E-state index contributed by atoms with van der Waals surface area (Å²) >= 11 is 0. The monoisotopic (exact) mass is 248 g/mol. The van der Waals surface area contributed by atoms with Crippen LogP contribution in [0, 0.1) is 0 Å². The van der Waals surface area contributed by atoms with Crippen molar-refractivity contribution in [2.24, 2.45) is 7.05 Å². The lowest BCUT2D eigenvalue weighted by molar-refractivity contribution is 0.253. The van der Waals surface area contributed by atoms with Gasteiger partial charge in [-0.15, -0.1) is 0 Å². The summed E-state index contributed by atoms with van der Waals surface area (Å²) in [7, 11) is -2.20. The zero-order chi connectivity index (χ0) is 12.3. The van der Waals surface area contributed by atoms with Crippen LogP contribution in [-0.2, 0) is 17.1 Å². The van der Waals surface area contributed by atoms with Crippen LogP contribution in [0.2, 0.25) is 0 Å². The van der Waals surface area contributed by atoms with Gasteiger partial charge in [0.1, 0.15) is 0 Å². The molecule has 8 heteroatoms. The van der Waals surface area contributed by atoms with Crippen LogP contribution in [0.4, 0.5) is 5.82 Å². The van der Waals surface area contributed by atoms with Crippen molar-refractivity contribution in [3.05, 3.63) is 6.33 Å². The highest BCUT2D eigenvalue weighted by Gasteiger charge is 2.24. The van der Waals surface area contributed by atoms with Crippen LogP contribution in [0.3, 0.4) is 0 Å². The van der Waals surface area contributed by atoms with Crippen molar-refractivity contribution in [2.45, 2.75) is 24.4 Å². The van der Waals surface area contributed by atoms with Crippen LogP contribution in [0.25, 0.3) is 0 Å². The molecule has 1 heterocycles. The number of sulfonamides is 1. The molecule has 1 rings (SSSR count). The second-order valence-corrected chi connectivity index (χ2v) is 5.08. The van der Waals surface area contributed by atoms with Gasteiger partial charge < -0.3 is 15.4 Å². The third-order valence-electron chi connectivity index (χ3n) is 2.20. The Bertz CT molecular complexity index is 430. The highest BCUT2D eigenvalue weighted by Crippen LogP contribution is 2.15. The minimum Gasteiger partial charge on any atom is -0.395 e. The first-order chi connectivity index (χ1) is 7.42. The molecule has 0 fully saturated rings. The molecule has 0 saturated carbocycles. The Morgan fingerprint density at radius 1 is 1.69 bits per heavy atom. The molecule has 16 heavy (non-hydrogen) atoms. The molecule has 92 valence electrons. The van der Waals surface area contributed by atoms with Crippen LogP contribution >= 0.6 is 0 Å². The number of nitrogens with zero attached hydrogens (tertiary/aromatic N) is 2. The summed E-state index contributed by atoms with van der Waals surface area (Å²) in [5.41, 5.74) is 5.47. The fraction of sp³-hybridized carbons (Fsp3) is 0.625. The highest BCUT2D eigenvalue weighted by molar-refractivity contribution is 7.89. The van der Waals surface area contributed by atoms with E-state index >= 15 is 0 Å². The van der Waals surface area contributed by atoms with Crippen molar-refractivity contribution in [3.8, 4) is 0 Å². The molecule has 0 aliphatic rings. The van der Waals surface area contributed by atoms with Gasteiger partial charge >= 0.3 is 0 Å². The largest absolute Gasteiger partial charge is 0.395 e. The maximum atomic E-state index is 11.9. The molecule has 0 amide bonds. The molecule has 0 spiro atoms. The van der Waals surface area contributed by atoms with E-state index in [-0.39, 0.29) is 17.5 Å². The van der Waals surface area contributed by atoms with E-state index in [1.54, 1.807) is 6.92 Å². The molecule has 0 saturated heterocycles. The number of imidazole rings is 1. The predicted octanol–water partition coefficient (Wildman–Crippen LogP) is -0.948. The average molecular weight is 248 g/mol. The van der Waals surface area contributed by atoms with Gasteiger partial charge in [-0.25, -0.2) is 18.1 Å². The maximum Gasteiger partial charge on any atom is 0.260 e. The van der Waals surface area contributed by atoms with Crippen LogP contribution in [0.5, 0.6) is 0 Å². The molecule has 0 aliphatic carbocycles. The van der Waals surface area contributed by atoms with Crippen LogP contribution in [0.15, 0.2) is 11.4 Å². The van der Waals surface area contributed by atoms with Crippen molar-refractivity contribution < 1.29 is 13.5 Å². The standard InChI is InChI=1S/C8H16N4O3S/c1-3-6(4-13)11-16(14,15)8-7(9)10-5-12(8)2/h5-6,11,13H,3-4,9H2,1-2H3/t6-/m1/s1. The van der Waals surface area contributed by atoms with Gasteiger partial charge in [0, 0.05) is 13.1 Å². The second kappa shape index (κ2) is 4.81. The number of aliphatic hydroxyl groups excluding tert-OH is 1. The quantitative estimate of drug-likeness (QED) is 0.622. The smallest absolute Gasteiger partial charge is 0.260 e. The lowest BCUT2D eigenvalue weighted by atomic mass is 10.3. The first kappa shape index (κ1) is 12.9. The number of anilines is 1. The number of nitrogens with two attached hydrogens (primary N) is 1. The summed E-state index contributed by atoms with van der Waals surface area (Å²) in [6.45, 7) is 1.52. The molecular weight excluding hydrogens is 232 g/mol. The van der Waals surface area contributed by atoms with E-state index in [2.05, 4.69) is 9.71 Å². The normalized spacial score (nSPS) is 13.9. The number of aromatic nitrogens is 2. The molecule has 1 aromatic heterocycles. The molecule has 0 bridgehead atoms. The SMILES string of the molecule is CC[C@H](CO)NS(=O)(=O)c1c(N)ncn1C. The zero-order valence-corrected chi connectivity index (χ0v) is 10.0. The van der Waals surface area contributed by atoms with E-state index in [9.17, 15) is 8.42 Å². The van der Waals surface area contributed by atoms with E-state index in [0.29, 0.717) is 6.42 Å². The molecule has 1 aromatic rings. The van der Waals surface area contributed by atoms with Crippen LogP contribution in [-0.4, -0.2) is 35.7 Å². The number of rotatable bonds is 5. The third-order valence-corrected chi connectivity index (χ3v) is 3.85. The van der Waals surface area contributed by atoms with Gasteiger partial charge in [-0.1, -0.05) is 6.92 Å². The lowest BCUT2D eigenvalue weighted by Crippen LogP contribution is -2.37. The number of hydrogen-bond acceptors (Lipinski definition) is 5. The Labute approximate surface area is 94.3 Å². The fourth-order valence-corrected chi connectivity index (χ4v) is 2.84. The van der Waals surface area contributed by atoms with Gasteiger partial charge in [-0.2, -0.15) is 0 Å². The van der Waals surface area contributed by atoms with Crippen molar-refractivity contribution in [1.29, 1.82) is 0 Å². The van der Waals surface area contributed by atoms with Crippen molar-refractivity contribution in [1.82, 2.24) is 14.3 Å².